The van der Waals surface area contributed by atoms with Gasteiger partial charge in [0.25, 0.3) is 0 Å². The van der Waals surface area contributed by atoms with Crippen molar-refractivity contribution in [2.24, 2.45) is 0 Å². The number of hydrogen-bond donors (Lipinski definition) is 0. The van der Waals surface area contributed by atoms with Crippen LogP contribution in [-0.4, -0.2) is 5.85 Å². The molecule has 0 heterocycles. The van der Waals surface area contributed by atoms with Gasteiger partial charge in [0, 0.05) is 0 Å². The molecule has 0 saturated heterocycles. The van der Waals surface area contributed by atoms with Crippen molar-refractivity contribution in [2.75, 3.05) is 0 Å². The van der Waals surface area contributed by atoms with E-state index in [1.165, 1.54) is 5.56 Å². The molecule has 0 N–H and O–H groups in total. The Morgan fingerprint density at radius 2 is 2.00 bits per heavy atom. The number of aryl methyl sites for hydroxylation is 1. The third-order valence-corrected chi connectivity index (χ3v) is 2.41. The first-order chi connectivity index (χ1) is 6.24. The smallest absolute Gasteiger partial charge is 0.123 e. The summed E-state index contributed by atoms with van der Waals surface area (Å²) in [6, 6.07) is 8.12. The predicted octanol–water partition coefficient (Wildman–Crippen LogP) is 3.80. The molecular formula is C11H18ClOP. The molecule has 0 saturated carbocycles. The van der Waals surface area contributed by atoms with Crippen LogP contribution in [0.1, 0.15) is 25.3 Å². The molecule has 1 aromatic carbocycles. The Labute approximate surface area is 94.9 Å². The molecule has 0 amide bonds. The maximum atomic E-state index is 5.75. The number of benzene rings is 1. The van der Waals surface area contributed by atoms with E-state index in [1.54, 1.807) is 0 Å². The zero-order chi connectivity index (χ0) is 9.68. The van der Waals surface area contributed by atoms with Crippen LogP contribution in [0.15, 0.2) is 24.3 Å². The zero-order valence-electron chi connectivity index (χ0n) is 8.69. The van der Waals surface area contributed by atoms with Crippen molar-refractivity contribution in [2.45, 2.75) is 32.5 Å². The fourth-order valence-electron chi connectivity index (χ4n) is 1.20. The van der Waals surface area contributed by atoms with Crippen LogP contribution in [0.5, 0.6) is 5.75 Å². The molecule has 1 nitrogen and oxygen atoms in total. The average molecular weight is 233 g/mol. The fourth-order valence-corrected chi connectivity index (χ4v) is 1.68. The van der Waals surface area contributed by atoms with Gasteiger partial charge in [0.1, 0.15) is 11.6 Å². The van der Waals surface area contributed by atoms with Crippen LogP contribution in [0, 0.1) is 6.92 Å². The molecule has 3 heteroatoms. The van der Waals surface area contributed by atoms with Gasteiger partial charge in [-0.15, -0.1) is 12.4 Å². The van der Waals surface area contributed by atoms with Crippen LogP contribution in [0.25, 0.3) is 0 Å². The number of halogens is 1. The van der Waals surface area contributed by atoms with E-state index >= 15 is 0 Å². The van der Waals surface area contributed by atoms with Crippen LogP contribution in [0.3, 0.4) is 0 Å². The lowest BCUT2D eigenvalue weighted by atomic mass is 10.2. The minimum Gasteiger partial charge on any atom is -0.486 e. The van der Waals surface area contributed by atoms with Gasteiger partial charge in [-0.05, 0) is 25.0 Å². The van der Waals surface area contributed by atoms with Crippen LogP contribution in [0.2, 0.25) is 0 Å². The SMILES string of the molecule is CCCC(P)Oc1ccccc1C.Cl. The molecular weight excluding hydrogens is 215 g/mol. The Morgan fingerprint density at radius 1 is 1.36 bits per heavy atom. The molecule has 0 aliphatic carbocycles. The highest BCUT2D eigenvalue weighted by Gasteiger charge is 2.03. The lowest BCUT2D eigenvalue weighted by Crippen LogP contribution is -2.07. The van der Waals surface area contributed by atoms with Crippen LogP contribution < -0.4 is 4.74 Å². The largest absolute Gasteiger partial charge is 0.486 e. The summed E-state index contributed by atoms with van der Waals surface area (Å²) in [6.45, 7) is 4.23. The molecule has 0 aliphatic heterocycles. The fraction of sp³-hybridized carbons (Fsp3) is 0.455. The maximum absolute atomic E-state index is 5.75. The topological polar surface area (TPSA) is 9.23 Å². The Bertz CT molecular complexity index is 265. The van der Waals surface area contributed by atoms with Crippen LogP contribution >= 0.6 is 21.6 Å². The zero-order valence-corrected chi connectivity index (χ0v) is 10.7. The van der Waals surface area contributed by atoms with Gasteiger partial charge in [-0.25, -0.2) is 0 Å². The molecule has 0 radical (unpaired) electrons. The molecule has 14 heavy (non-hydrogen) atoms. The summed E-state index contributed by atoms with van der Waals surface area (Å²) in [7, 11) is 2.73. The van der Waals surface area contributed by atoms with E-state index < -0.39 is 0 Å². The molecule has 80 valence electrons. The number of hydrogen-bond acceptors (Lipinski definition) is 1. The molecule has 0 aromatic heterocycles. The summed E-state index contributed by atoms with van der Waals surface area (Å²) in [4.78, 5) is 0. The van der Waals surface area contributed by atoms with Gasteiger partial charge in [0.05, 0.1) is 0 Å². The van der Waals surface area contributed by atoms with Crippen molar-refractivity contribution in [3.63, 3.8) is 0 Å². The molecule has 0 fully saturated rings. The number of rotatable bonds is 4. The van der Waals surface area contributed by atoms with Gasteiger partial charge in [0.2, 0.25) is 0 Å². The van der Waals surface area contributed by atoms with Crippen molar-refractivity contribution in [3.8, 4) is 5.75 Å². The Morgan fingerprint density at radius 3 is 2.57 bits per heavy atom. The first-order valence-electron chi connectivity index (χ1n) is 4.72. The highest BCUT2D eigenvalue weighted by Crippen LogP contribution is 2.21. The minimum absolute atomic E-state index is 0. The van der Waals surface area contributed by atoms with Crippen molar-refractivity contribution < 1.29 is 4.74 Å². The Hall–Kier alpha value is -0.260. The lowest BCUT2D eigenvalue weighted by Gasteiger charge is -2.15. The van der Waals surface area contributed by atoms with E-state index in [2.05, 4.69) is 29.2 Å². The first kappa shape index (κ1) is 13.7. The Balaban J connectivity index is 0.00000169. The van der Waals surface area contributed by atoms with Gasteiger partial charge in [-0.1, -0.05) is 40.8 Å². The molecule has 0 aliphatic rings. The normalized spacial score (nSPS) is 11.6. The minimum atomic E-state index is 0. The van der Waals surface area contributed by atoms with E-state index in [4.69, 9.17) is 4.74 Å². The van der Waals surface area contributed by atoms with E-state index in [1.807, 2.05) is 18.2 Å². The second kappa shape index (κ2) is 7.09. The summed E-state index contributed by atoms with van der Waals surface area (Å²) in [5.74, 6) is 1.24. The van der Waals surface area contributed by atoms with Gasteiger partial charge in [-0.2, -0.15) is 0 Å². The van der Waals surface area contributed by atoms with E-state index in [-0.39, 0.29) is 18.3 Å². The van der Waals surface area contributed by atoms with Gasteiger partial charge >= 0.3 is 0 Å². The second-order valence-electron chi connectivity index (χ2n) is 3.21. The van der Waals surface area contributed by atoms with Crippen LogP contribution in [-0.2, 0) is 0 Å². The van der Waals surface area contributed by atoms with Crippen LogP contribution in [0.4, 0.5) is 0 Å². The molecule has 1 aromatic rings. The third kappa shape index (κ3) is 4.30. The highest BCUT2D eigenvalue weighted by atomic mass is 35.5. The molecule has 0 bridgehead atoms. The summed E-state index contributed by atoms with van der Waals surface area (Å²) in [6.07, 6.45) is 2.24. The van der Waals surface area contributed by atoms with Crippen molar-refractivity contribution >= 4 is 21.6 Å². The summed E-state index contributed by atoms with van der Waals surface area (Å²) >= 11 is 0. The monoisotopic (exact) mass is 232 g/mol. The number of ether oxygens (including phenoxy) is 1. The molecule has 2 unspecified atom stereocenters. The third-order valence-electron chi connectivity index (χ3n) is 1.95. The van der Waals surface area contributed by atoms with Gasteiger partial charge in [-0.3, -0.25) is 0 Å². The van der Waals surface area contributed by atoms with E-state index in [0.29, 0.717) is 0 Å². The maximum Gasteiger partial charge on any atom is 0.123 e. The first-order valence-corrected chi connectivity index (χ1v) is 5.38. The summed E-state index contributed by atoms with van der Waals surface area (Å²) in [5.41, 5.74) is 1.20. The van der Waals surface area contributed by atoms with E-state index in [0.717, 1.165) is 18.6 Å². The standard InChI is InChI=1S/C11H17OP.ClH/c1-3-6-11(13)12-10-8-5-4-7-9(10)2;/h4-5,7-8,11H,3,6,13H2,1-2H3;1H. The van der Waals surface area contributed by atoms with Crippen molar-refractivity contribution in [1.29, 1.82) is 0 Å². The average Bonchev–Trinajstić information content (AvgIpc) is 2.09. The predicted molar refractivity (Wildman–Crippen MR) is 67.5 cm³/mol. The molecule has 0 spiro atoms. The Kier molecular flexibility index (Phi) is 6.96. The highest BCUT2D eigenvalue weighted by molar-refractivity contribution is 7.17. The van der Waals surface area contributed by atoms with Gasteiger partial charge < -0.3 is 4.74 Å². The van der Waals surface area contributed by atoms with Crippen molar-refractivity contribution in [3.05, 3.63) is 29.8 Å². The van der Waals surface area contributed by atoms with E-state index in [9.17, 15) is 0 Å². The summed E-state index contributed by atoms with van der Waals surface area (Å²) in [5, 5.41) is 0. The van der Waals surface area contributed by atoms with Gasteiger partial charge in [0.15, 0.2) is 0 Å². The lowest BCUT2D eigenvalue weighted by molar-refractivity contribution is 0.273. The number of para-hydroxylation sites is 1. The van der Waals surface area contributed by atoms with Crippen molar-refractivity contribution in [1.82, 2.24) is 0 Å². The molecule has 2 atom stereocenters. The molecule has 1 rings (SSSR count). The second-order valence-corrected chi connectivity index (χ2v) is 3.95. The summed E-state index contributed by atoms with van der Waals surface area (Å²) < 4.78 is 5.75. The quantitative estimate of drug-likeness (QED) is 0.718.